The van der Waals surface area contributed by atoms with E-state index in [1.165, 1.54) is 14.2 Å². The van der Waals surface area contributed by atoms with Crippen molar-refractivity contribution < 1.29 is 33.6 Å². The molecule has 2 atom stereocenters. The highest BCUT2D eigenvalue weighted by Crippen LogP contribution is 2.32. The third-order valence-corrected chi connectivity index (χ3v) is 9.25. The first-order chi connectivity index (χ1) is 21.4. The number of H-pyrrole nitrogens is 2. The third-order valence-electron chi connectivity index (χ3n) is 9.25. The van der Waals surface area contributed by atoms with Gasteiger partial charge in [-0.15, -0.1) is 0 Å². The molecule has 0 aliphatic carbocycles. The van der Waals surface area contributed by atoms with E-state index in [0.717, 1.165) is 73.3 Å². The Balaban J connectivity index is 1.90. The molecule has 2 amide bonds. The Labute approximate surface area is 263 Å². The average Bonchev–Trinajstić information content (AvgIpc) is 3.66. The van der Waals surface area contributed by atoms with E-state index in [4.69, 9.17) is 9.47 Å². The predicted molar refractivity (Wildman–Crippen MR) is 172 cm³/mol. The van der Waals surface area contributed by atoms with Crippen molar-refractivity contribution in [2.75, 3.05) is 14.2 Å². The van der Waals surface area contributed by atoms with Crippen molar-refractivity contribution in [2.24, 2.45) is 11.8 Å². The number of esters is 2. The van der Waals surface area contributed by atoms with Crippen molar-refractivity contribution in [1.82, 2.24) is 15.3 Å². The molecule has 4 heterocycles. The van der Waals surface area contributed by atoms with Crippen LogP contribution >= 0.6 is 0 Å². The summed E-state index contributed by atoms with van der Waals surface area (Å²) >= 11 is 0. The molecule has 10 heteroatoms. The van der Waals surface area contributed by atoms with Crippen LogP contribution in [-0.2, 0) is 41.5 Å². The number of ether oxygens (including phenoxy) is 2. The summed E-state index contributed by atoms with van der Waals surface area (Å²) in [5, 5.41) is 4.67. The van der Waals surface area contributed by atoms with E-state index in [9.17, 15) is 19.2 Å². The number of amides is 2. The number of aromatic nitrogens is 2. The van der Waals surface area contributed by atoms with Gasteiger partial charge >= 0.3 is 17.8 Å². The minimum Gasteiger partial charge on any atom is -0.469 e. The Morgan fingerprint density at radius 3 is 2.07 bits per heavy atom. The van der Waals surface area contributed by atoms with Gasteiger partial charge in [0.15, 0.2) is 0 Å². The van der Waals surface area contributed by atoms with Crippen LogP contribution in [0.4, 0.5) is 0 Å². The molecule has 2 aromatic heterocycles. The molecule has 2 aromatic rings. The summed E-state index contributed by atoms with van der Waals surface area (Å²) in [6, 6.07) is 0. The van der Waals surface area contributed by atoms with Gasteiger partial charge in [-0.1, -0.05) is 20.8 Å². The number of rotatable bonds is 11. The van der Waals surface area contributed by atoms with Gasteiger partial charge in [0.2, 0.25) is 11.6 Å². The summed E-state index contributed by atoms with van der Waals surface area (Å²) in [5.41, 5.74) is 8.81. The lowest BCUT2D eigenvalue weighted by Crippen LogP contribution is -2.74. The summed E-state index contributed by atoms with van der Waals surface area (Å²) in [4.78, 5) is 59.3. The maximum atomic E-state index is 12.5. The van der Waals surface area contributed by atoms with Crippen LogP contribution in [0.25, 0.3) is 18.2 Å². The van der Waals surface area contributed by atoms with Crippen molar-refractivity contribution in [3.8, 4) is 0 Å². The molecule has 2 aliphatic rings. The summed E-state index contributed by atoms with van der Waals surface area (Å²) in [6.45, 7) is 11.9. The number of aromatic amines is 2. The van der Waals surface area contributed by atoms with E-state index in [1.807, 2.05) is 52.8 Å². The minimum atomic E-state index is -0.308. The molecule has 1 fully saturated rings. The molecule has 0 bridgehead atoms. The van der Waals surface area contributed by atoms with E-state index < -0.39 is 0 Å². The van der Waals surface area contributed by atoms with Crippen LogP contribution in [0.1, 0.15) is 87.0 Å². The lowest BCUT2D eigenvalue weighted by atomic mass is 9.92. The summed E-state index contributed by atoms with van der Waals surface area (Å²) in [6.07, 6.45) is 8.72. The number of hydrogen-bond acceptors (Lipinski definition) is 6. The summed E-state index contributed by atoms with van der Waals surface area (Å²) in [7, 11) is 2.75. The maximum absolute atomic E-state index is 12.5. The van der Waals surface area contributed by atoms with Gasteiger partial charge in [-0.05, 0) is 80.9 Å². The normalized spacial score (nSPS) is 20.0. The first kappa shape index (κ1) is 33.4. The molecule has 2 aliphatic heterocycles. The molecule has 2 unspecified atom stereocenters. The SMILES string of the molecule is CCC1=C(C)C(C=c2[nH]/c(=C\c3[nH]c(/C=C4\NC(=O)C(C)C4CC)c(C)c3CCC(=O)OC)c(CCC(=O)OC)c2C)=[NH+]C1=O. The maximum Gasteiger partial charge on any atom is 0.414 e. The molecule has 0 spiro atoms. The first-order valence-corrected chi connectivity index (χ1v) is 15.6. The molecular weight excluding hydrogens is 572 g/mol. The molecule has 0 radical (unpaired) electrons. The van der Waals surface area contributed by atoms with Crippen LogP contribution in [0.15, 0.2) is 16.8 Å². The van der Waals surface area contributed by atoms with E-state index in [1.54, 1.807) is 0 Å². The smallest absolute Gasteiger partial charge is 0.414 e. The van der Waals surface area contributed by atoms with Crippen LogP contribution in [0, 0.1) is 25.7 Å². The highest BCUT2D eigenvalue weighted by atomic mass is 16.5. The van der Waals surface area contributed by atoms with Gasteiger partial charge in [-0.25, -0.2) is 4.79 Å². The Morgan fingerprint density at radius 2 is 1.49 bits per heavy atom. The van der Waals surface area contributed by atoms with Crippen molar-refractivity contribution in [1.29, 1.82) is 0 Å². The molecule has 4 rings (SSSR count). The average molecular weight is 618 g/mol. The first-order valence-electron chi connectivity index (χ1n) is 15.6. The van der Waals surface area contributed by atoms with Crippen molar-refractivity contribution in [3.05, 3.63) is 61.2 Å². The lowest BCUT2D eigenvalue weighted by molar-refractivity contribution is -0.367. The van der Waals surface area contributed by atoms with Crippen LogP contribution in [0.2, 0.25) is 0 Å². The summed E-state index contributed by atoms with van der Waals surface area (Å²) in [5.74, 6) is -0.688. The van der Waals surface area contributed by atoms with Gasteiger partial charge in [0, 0.05) is 64.1 Å². The zero-order valence-corrected chi connectivity index (χ0v) is 27.6. The Bertz CT molecular complexity index is 1750. The molecule has 10 nitrogen and oxygen atoms in total. The predicted octanol–water partition coefficient (Wildman–Crippen LogP) is 1.70. The zero-order chi connectivity index (χ0) is 33.0. The number of allylic oxidation sites excluding steroid dienone is 2. The fourth-order valence-corrected chi connectivity index (χ4v) is 6.35. The van der Waals surface area contributed by atoms with Gasteiger partial charge in [0.1, 0.15) is 0 Å². The largest absolute Gasteiger partial charge is 0.469 e. The minimum absolute atomic E-state index is 0.0170. The standard InChI is InChI=1S/C35H44N4O6/c1-9-22-21(6)34(42)39-29(22)16-27-20(5)25(12-14-33(41)45-8)31(37-27)17-30-24(11-13-32(40)44-7)19(4)26(36-30)15-28-18(3)23(10-2)35(43)38-28/h15-17,21-22,36-37H,9-14H2,1-8H3,(H,39,42)/p+1/b26-15?,29-16-,30-17-. The second-order valence-electron chi connectivity index (χ2n) is 11.8. The zero-order valence-electron chi connectivity index (χ0n) is 27.6. The van der Waals surface area contributed by atoms with Crippen molar-refractivity contribution >= 4 is 47.7 Å². The monoisotopic (exact) mass is 617 g/mol. The van der Waals surface area contributed by atoms with Crippen molar-refractivity contribution in [2.45, 2.75) is 80.1 Å². The topological polar surface area (TPSA) is 144 Å². The van der Waals surface area contributed by atoms with Gasteiger partial charge in [0.05, 0.1) is 19.8 Å². The fourth-order valence-electron chi connectivity index (χ4n) is 6.35. The van der Waals surface area contributed by atoms with Gasteiger partial charge < -0.3 is 24.8 Å². The highest BCUT2D eigenvalue weighted by Gasteiger charge is 2.34. The second-order valence-corrected chi connectivity index (χ2v) is 11.8. The molecule has 0 aromatic carbocycles. The van der Waals surface area contributed by atoms with E-state index in [0.29, 0.717) is 19.3 Å². The van der Waals surface area contributed by atoms with Gasteiger partial charge in [-0.3, -0.25) is 14.4 Å². The molecule has 1 saturated heterocycles. The van der Waals surface area contributed by atoms with Crippen LogP contribution in [0.3, 0.4) is 0 Å². The number of methoxy groups -OCH3 is 2. The Morgan fingerprint density at radius 1 is 0.844 bits per heavy atom. The van der Waals surface area contributed by atoms with E-state index in [2.05, 4.69) is 27.2 Å². The molecule has 4 N–H and O–H groups in total. The second kappa shape index (κ2) is 14.1. The molecule has 240 valence electrons. The molecule has 45 heavy (non-hydrogen) atoms. The number of carbonyl (C=O) groups is 4. The molecule has 0 saturated carbocycles. The van der Waals surface area contributed by atoms with E-state index >= 15 is 0 Å². The number of carbonyl (C=O) groups excluding carboxylic acids is 4. The van der Waals surface area contributed by atoms with Gasteiger partial charge in [0.25, 0.3) is 0 Å². The van der Waals surface area contributed by atoms with Gasteiger partial charge in [-0.2, -0.15) is 4.99 Å². The van der Waals surface area contributed by atoms with Crippen LogP contribution in [0.5, 0.6) is 0 Å². The van der Waals surface area contributed by atoms with Crippen LogP contribution in [-0.4, -0.2) is 53.7 Å². The lowest BCUT2D eigenvalue weighted by Gasteiger charge is -2.11. The van der Waals surface area contributed by atoms with E-state index in [-0.39, 0.29) is 48.4 Å². The number of hydrogen-bond donors (Lipinski definition) is 4. The number of nitrogens with one attached hydrogen (secondary N) is 4. The Hall–Kier alpha value is -4.47. The Kier molecular flexibility index (Phi) is 10.5. The van der Waals surface area contributed by atoms with Crippen molar-refractivity contribution in [3.63, 3.8) is 0 Å². The quantitative estimate of drug-likeness (QED) is 0.283. The highest BCUT2D eigenvalue weighted by molar-refractivity contribution is 6.23. The fraction of sp³-hybridized carbons (Fsp3) is 0.457. The summed E-state index contributed by atoms with van der Waals surface area (Å²) < 4.78 is 9.85. The van der Waals surface area contributed by atoms with Crippen LogP contribution < -0.4 is 21.0 Å². The molecular formula is C35H45N4O6+. The third kappa shape index (κ3) is 6.95.